The molecule has 0 aliphatic heterocycles. The monoisotopic (exact) mass is 197 g/mol. The van der Waals surface area contributed by atoms with Crippen molar-refractivity contribution in [3.63, 3.8) is 0 Å². The minimum atomic E-state index is 0.488. The molecule has 72 valence electrons. The molecule has 0 saturated heterocycles. The lowest BCUT2D eigenvalue weighted by Gasteiger charge is -2.13. The standard InChI is InChI=1S/C11H16ClN/c1-2-3-10(8-13)9-4-6-11(12)7-5-9/h4-7,10H,2-3,8,13H2,1H3. The van der Waals surface area contributed by atoms with Gasteiger partial charge in [-0.3, -0.25) is 0 Å². The van der Waals surface area contributed by atoms with Crippen molar-refractivity contribution in [3.8, 4) is 0 Å². The first-order valence-corrected chi connectivity index (χ1v) is 5.11. The van der Waals surface area contributed by atoms with Gasteiger partial charge >= 0.3 is 0 Å². The average Bonchev–Trinajstić information content (AvgIpc) is 2.16. The van der Waals surface area contributed by atoms with Crippen molar-refractivity contribution in [1.29, 1.82) is 0 Å². The van der Waals surface area contributed by atoms with Gasteiger partial charge in [0.1, 0.15) is 0 Å². The maximum Gasteiger partial charge on any atom is 0.0406 e. The van der Waals surface area contributed by atoms with Crippen LogP contribution < -0.4 is 5.73 Å². The molecule has 0 spiro atoms. The van der Waals surface area contributed by atoms with E-state index in [1.54, 1.807) is 0 Å². The summed E-state index contributed by atoms with van der Waals surface area (Å²) in [4.78, 5) is 0. The second kappa shape index (κ2) is 5.25. The van der Waals surface area contributed by atoms with Gasteiger partial charge in [0.2, 0.25) is 0 Å². The molecule has 1 atom stereocenters. The second-order valence-corrected chi connectivity index (χ2v) is 3.71. The highest BCUT2D eigenvalue weighted by atomic mass is 35.5. The predicted octanol–water partition coefficient (Wildman–Crippen LogP) is 3.18. The molecule has 0 fully saturated rings. The van der Waals surface area contributed by atoms with Gasteiger partial charge in [-0.15, -0.1) is 0 Å². The molecule has 1 nitrogen and oxygen atoms in total. The molecular weight excluding hydrogens is 182 g/mol. The average molecular weight is 198 g/mol. The van der Waals surface area contributed by atoms with Crippen molar-refractivity contribution in [3.05, 3.63) is 34.9 Å². The molecule has 0 amide bonds. The van der Waals surface area contributed by atoms with E-state index in [4.69, 9.17) is 17.3 Å². The lowest BCUT2D eigenvalue weighted by Crippen LogP contribution is -2.12. The summed E-state index contributed by atoms with van der Waals surface area (Å²) in [5.41, 5.74) is 7.00. The van der Waals surface area contributed by atoms with Gasteiger partial charge in [0, 0.05) is 5.02 Å². The number of hydrogen-bond acceptors (Lipinski definition) is 1. The summed E-state index contributed by atoms with van der Waals surface area (Å²) in [7, 11) is 0. The molecular formula is C11H16ClN. The van der Waals surface area contributed by atoms with E-state index >= 15 is 0 Å². The number of nitrogens with two attached hydrogens (primary N) is 1. The zero-order valence-corrected chi connectivity index (χ0v) is 8.72. The van der Waals surface area contributed by atoms with Crippen molar-refractivity contribution in [2.75, 3.05) is 6.54 Å². The van der Waals surface area contributed by atoms with Gasteiger partial charge in [-0.1, -0.05) is 37.1 Å². The third-order valence-corrected chi connectivity index (χ3v) is 2.52. The van der Waals surface area contributed by atoms with Crippen LogP contribution in [0.15, 0.2) is 24.3 Å². The molecule has 0 saturated carbocycles. The van der Waals surface area contributed by atoms with Crippen LogP contribution in [0, 0.1) is 0 Å². The van der Waals surface area contributed by atoms with E-state index in [9.17, 15) is 0 Å². The largest absolute Gasteiger partial charge is 0.330 e. The minimum absolute atomic E-state index is 0.488. The summed E-state index contributed by atoms with van der Waals surface area (Å²) in [5, 5.41) is 0.788. The quantitative estimate of drug-likeness (QED) is 0.789. The lowest BCUT2D eigenvalue weighted by molar-refractivity contribution is 0.622. The molecule has 0 aliphatic rings. The van der Waals surface area contributed by atoms with E-state index < -0.39 is 0 Å². The van der Waals surface area contributed by atoms with Crippen LogP contribution in [0.2, 0.25) is 5.02 Å². The van der Waals surface area contributed by atoms with Crippen LogP contribution in [-0.4, -0.2) is 6.54 Å². The Kier molecular flexibility index (Phi) is 4.26. The molecule has 0 aliphatic carbocycles. The Hall–Kier alpha value is -0.530. The number of halogens is 1. The zero-order valence-electron chi connectivity index (χ0n) is 7.96. The Balaban J connectivity index is 2.73. The molecule has 0 radical (unpaired) electrons. The fraction of sp³-hybridized carbons (Fsp3) is 0.455. The van der Waals surface area contributed by atoms with Gasteiger partial charge in [0.25, 0.3) is 0 Å². The van der Waals surface area contributed by atoms with Crippen molar-refractivity contribution < 1.29 is 0 Å². The zero-order chi connectivity index (χ0) is 9.68. The Morgan fingerprint density at radius 2 is 1.92 bits per heavy atom. The number of benzene rings is 1. The van der Waals surface area contributed by atoms with E-state index in [0.29, 0.717) is 5.92 Å². The van der Waals surface area contributed by atoms with Crippen LogP contribution in [0.1, 0.15) is 31.2 Å². The summed E-state index contributed by atoms with van der Waals surface area (Å²) in [6.07, 6.45) is 2.32. The normalized spacial score (nSPS) is 12.8. The third-order valence-electron chi connectivity index (χ3n) is 2.26. The van der Waals surface area contributed by atoms with Gasteiger partial charge in [-0.2, -0.15) is 0 Å². The lowest BCUT2D eigenvalue weighted by atomic mass is 9.95. The van der Waals surface area contributed by atoms with Crippen LogP contribution in [0.4, 0.5) is 0 Å². The maximum atomic E-state index is 5.81. The molecule has 0 heterocycles. The van der Waals surface area contributed by atoms with E-state index in [1.807, 2.05) is 12.1 Å². The van der Waals surface area contributed by atoms with Gasteiger partial charge in [-0.05, 0) is 36.6 Å². The molecule has 2 heteroatoms. The topological polar surface area (TPSA) is 26.0 Å². The molecule has 1 unspecified atom stereocenters. The van der Waals surface area contributed by atoms with Gasteiger partial charge < -0.3 is 5.73 Å². The Morgan fingerprint density at radius 3 is 2.38 bits per heavy atom. The van der Waals surface area contributed by atoms with Gasteiger partial charge in [0.05, 0.1) is 0 Å². The third kappa shape index (κ3) is 3.02. The maximum absolute atomic E-state index is 5.81. The minimum Gasteiger partial charge on any atom is -0.330 e. The highest BCUT2D eigenvalue weighted by Crippen LogP contribution is 2.21. The van der Waals surface area contributed by atoms with Crippen LogP contribution in [0.3, 0.4) is 0 Å². The number of rotatable bonds is 4. The molecule has 1 aromatic carbocycles. The SMILES string of the molecule is CCCC(CN)c1ccc(Cl)cc1. The first kappa shape index (κ1) is 10.6. The highest BCUT2D eigenvalue weighted by Gasteiger charge is 2.07. The summed E-state index contributed by atoms with van der Waals surface area (Å²) in [5.74, 6) is 0.488. The van der Waals surface area contributed by atoms with E-state index in [2.05, 4.69) is 19.1 Å². The Bertz CT molecular complexity index is 243. The van der Waals surface area contributed by atoms with E-state index in [0.717, 1.165) is 18.0 Å². The fourth-order valence-electron chi connectivity index (χ4n) is 1.50. The molecule has 1 aromatic rings. The highest BCUT2D eigenvalue weighted by molar-refractivity contribution is 6.30. The fourth-order valence-corrected chi connectivity index (χ4v) is 1.63. The van der Waals surface area contributed by atoms with Gasteiger partial charge in [-0.25, -0.2) is 0 Å². The summed E-state index contributed by atoms with van der Waals surface area (Å²) < 4.78 is 0. The Morgan fingerprint density at radius 1 is 1.31 bits per heavy atom. The first-order valence-electron chi connectivity index (χ1n) is 4.73. The summed E-state index contributed by atoms with van der Waals surface area (Å²) >= 11 is 5.81. The van der Waals surface area contributed by atoms with Crippen LogP contribution in [0.5, 0.6) is 0 Å². The van der Waals surface area contributed by atoms with Crippen molar-refractivity contribution in [2.24, 2.45) is 5.73 Å². The summed E-state index contributed by atoms with van der Waals surface area (Å²) in [6, 6.07) is 7.98. The van der Waals surface area contributed by atoms with Crippen molar-refractivity contribution >= 4 is 11.6 Å². The van der Waals surface area contributed by atoms with Crippen molar-refractivity contribution in [1.82, 2.24) is 0 Å². The molecule has 1 rings (SSSR count). The molecule has 13 heavy (non-hydrogen) atoms. The molecule has 0 bridgehead atoms. The predicted molar refractivity (Wildman–Crippen MR) is 58.2 cm³/mol. The number of hydrogen-bond donors (Lipinski definition) is 1. The van der Waals surface area contributed by atoms with E-state index in [1.165, 1.54) is 12.0 Å². The first-order chi connectivity index (χ1) is 6.27. The second-order valence-electron chi connectivity index (χ2n) is 3.27. The van der Waals surface area contributed by atoms with E-state index in [-0.39, 0.29) is 0 Å². The van der Waals surface area contributed by atoms with Crippen LogP contribution >= 0.6 is 11.6 Å². The molecule has 0 aromatic heterocycles. The van der Waals surface area contributed by atoms with Gasteiger partial charge in [0.15, 0.2) is 0 Å². The van der Waals surface area contributed by atoms with Crippen molar-refractivity contribution in [2.45, 2.75) is 25.7 Å². The van der Waals surface area contributed by atoms with Crippen LogP contribution in [-0.2, 0) is 0 Å². The smallest absolute Gasteiger partial charge is 0.0406 e. The Labute approximate surface area is 84.9 Å². The summed E-state index contributed by atoms with van der Waals surface area (Å²) in [6.45, 7) is 2.90. The molecule has 2 N–H and O–H groups in total. The van der Waals surface area contributed by atoms with Crippen LogP contribution in [0.25, 0.3) is 0 Å².